The van der Waals surface area contributed by atoms with E-state index in [0.717, 1.165) is 5.56 Å². The van der Waals surface area contributed by atoms with E-state index in [0.29, 0.717) is 11.6 Å². The molecule has 0 spiro atoms. The van der Waals surface area contributed by atoms with Crippen molar-refractivity contribution >= 4 is 17.6 Å². The predicted molar refractivity (Wildman–Crippen MR) is 78.3 cm³/mol. The van der Waals surface area contributed by atoms with E-state index < -0.39 is 5.97 Å². The highest BCUT2D eigenvalue weighted by Crippen LogP contribution is 2.17. The molecule has 0 aliphatic carbocycles. The van der Waals surface area contributed by atoms with Crippen LogP contribution in [0.1, 0.15) is 36.7 Å². The highest BCUT2D eigenvalue weighted by molar-refractivity contribution is 5.96. The highest BCUT2D eigenvalue weighted by Gasteiger charge is 2.15. The number of nitrogens with one attached hydrogen (secondary N) is 1. The van der Waals surface area contributed by atoms with Gasteiger partial charge in [-0.3, -0.25) is 4.79 Å². The molecule has 0 aliphatic heterocycles. The van der Waals surface area contributed by atoms with Gasteiger partial charge in [-0.2, -0.15) is 0 Å². The number of esters is 1. The van der Waals surface area contributed by atoms with Gasteiger partial charge in [-0.25, -0.2) is 4.79 Å². The molecule has 20 heavy (non-hydrogen) atoms. The summed E-state index contributed by atoms with van der Waals surface area (Å²) in [6.45, 7) is 7.42. The number of amides is 1. The Bertz CT molecular complexity index is 498. The number of hydrogen-bond acceptors (Lipinski definition) is 4. The van der Waals surface area contributed by atoms with E-state index in [-0.39, 0.29) is 24.1 Å². The number of nitrogen functional groups attached to an aromatic ring is 1. The van der Waals surface area contributed by atoms with Crippen LogP contribution in [-0.2, 0) is 9.53 Å². The molecule has 0 fully saturated rings. The quantitative estimate of drug-likeness (QED) is 0.636. The second-order valence-electron chi connectivity index (χ2n) is 5.21. The molecule has 0 bridgehead atoms. The average Bonchev–Trinajstić information content (AvgIpc) is 2.39. The third-order valence-corrected chi connectivity index (χ3v) is 3.27. The first-order valence-electron chi connectivity index (χ1n) is 6.64. The molecule has 5 heteroatoms. The zero-order chi connectivity index (χ0) is 15.3. The number of benzene rings is 1. The maximum atomic E-state index is 11.9. The Morgan fingerprint density at radius 1 is 1.30 bits per heavy atom. The van der Waals surface area contributed by atoms with E-state index in [4.69, 9.17) is 10.5 Å². The third kappa shape index (κ3) is 4.26. The van der Waals surface area contributed by atoms with E-state index in [9.17, 15) is 9.59 Å². The van der Waals surface area contributed by atoms with E-state index in [1.807, 2.05) is 33.8 Å². The van der Waals surface area contributed by atoms with Gasteiger partial charge in [0.05, 0.1) is 5.56 Å². The first-order valence-corrected chi connectivity index (χ1v) is 6.64. The molecule has 1 atom stereocenters. The molecule has 110 valence electrons. The fraction of sp³-hybridized carbons (Fsp3) is 0.467. The van der Waals surface area contributed by atoms with Crippen molar-refractivity contribution in [2.45, 2.75) is 33.7 Å². The number of ether oxygens (including phenoxy) is 1. The molecule has 1 unspecified atom stereocenters. The summed E-state index contributed by atoms with van der Waals surface area (Å²) in [5.74, 6) is -0.577. The minimum atomic E-state index is -0.585. The zero-order valence-corrected chi connectivity index (χ0v) is 12.4. The first-order chi connectivity index (χ1) is 9.32. The molecule has 1 rings (SSSR count). The van der Waals surface area contributed by atoms with Crippen LogP contribution in [0, 0.1) is 12.8 Å². The van der Waals surface area contributed by atoms with E-state index in [1.54, 1.807) is 12.1 Å². The van der Waals surface area contributed by atoms with Crippen LogP contribution in [0.15, 0.2) is 18.2 Å². The van der Waals surface area contributed by atoms with Crippen LogP contribution in [0.4, 0.5) is 5.69 Å². The van der Waals surface area contributed by atoms with Crippen molar-refractivity contribution in [3.63, 3.8) is 0 Å². The zero-order valence-electron chi connectivity index (χ0n) is 12.4. The summed E-state index contributed by atoms with van der Waals surface area (Å²) in [6.07, 6.45) is 0. The number of carbonyl (C=O) groups excluding carboxylic acids is 2. The topological polar surface area (TPSA) is 81.4 Å². The van der Waals surface area contributed by atoms with Crippen molar-refractivity contribution in [2.75, 3.05) is 12.3 Å². The summed E-state index contributed by atoms with van der Waals surface area (Å²) in [5.41, 5.74) is 7.28. The van der Waals surface area contributed by atoms with Gasteiger partial charge >= 0.3 is 5.97 Å². The predicted octanol–water partition coefficient (Wildman–Crippen LogP) is 1.89. The molecule has 1 aromatic carbocycles. The van der Waals surface area contributed by atoms with Gasteiger partial charge < -0.3 is 15.8 Å². The maximum Gasteiger partial charge on any atom is 0.340 e. The summed E-state index contributed by atoms with van der Waals surface area (Å²) >= 11 is 0. The number of hydrogen-bond donors (Lipinski definition) is 2. The molecular weight excluding hydrogens is 256 g/mol. The van der Waals surface area contributed by atoms with Crippen molar-refractivity contribution in [2.24, 2.45) is 5.92 Å². The lowest BCUT2D eigenvalue weighted by Crippen LogP contribution is -2.38. The van der Waals surface area contributed by atoms with Gasteiger partial charge in [-0.1, -0.05) is 26.0 Å². The normalized spacial score (nSPS) is 12.1. The highest BCUT2D eigenvalue weighted by atomic mass is 16.5. The minimum Gasteiger partial charge on any atom is -0.452 e. The molecule has 0 saturated heterocycles. The second-order valence-corrected chi connectivity index (χ2v) is 5.21. The second kappa shape index (κ2) is 6.93. The molecule has 0 aromatic heterocycles. The van der Waals surface area contributed by atoms with E-state index in [2.05, 4.69) is 5.32 Å². The molecule has 1 aromatic rings. The Hall–Kier alpha value is -2.04. The van der Waals surface area contributed by atoms with Gasteiger partial charge in [0.2, 0.25) is 0 Å². The summed E-state index contributed by atoms with van der Waals surface area (Å²) in [4.78, 5) is 23.5. The Balaban J connectivity index is 2.55. The van der Waals surface area contributed by atoms with Crippen molar-refractivity contribution in [3.05, 3.63) is 29.3 Å². The molecule has 5 nitrogen and oxygen atoms in total. The van der Waals surface area contributed by atoms with Crippen LogP contribution in [0.3, 0.4) is 0 Å². The Labute approximate surface area is 119 Å². The SMILES string of the molecule is Cc1cccc(C(=O)OCC(=O)NC(C)C(C)C)c1N. The molecular formula is C15H22N2O3. The van der Waals surface area contributed by atoms with Crippen molar-refractivity contribution in [3.8, 4) is 0 Å². The van der Waals surface area contributed by atoms with Crippen LogP contribution < -0.4 is 11.1 Å². The van der Waals surface area contributed by atoms with Crippen LogP contribution in [-0.4, -0.2) is 24.5 Å². The molecule has 1 amide bonds. The monoisotopic (exact) mass is 278 g/mol. The van der Waals surface area contributed by atoms with Crippen LogP contribution in [0.25, 0.3) is 0 Å². The van der Waals surface area contributed by atoms with Crippen LogP contribution in [0.5, 0.6) is 0 Å². The van der Waals surface area contributed by atoms with Crippen LogP contribution >= 0.6 is 0 Å². The Morgan fingerprint density at radius 2 is 1.95 bits per heavy atom. The lowest BCUT2D eigenvalue weighted by molar-refractivity contribution is -0.125. The fourth-order valence-corrected chi connectivity index (χ4v) is 1.53. The number of nitrogens with two attached hydrogens (primary N) is 1. The summed E-state index contributed by atoms with van der Waals surface area (Å²) < 4.78 is 4.98. The van der Waals surface area contributed by atoms with Gasteiger partial charge in [0.15, 0.2) is 6.61 Å². The summed E-state index contributed by atoms with van der Waals surface area (Å²) in [6, 6.07) is 5.15. The maximum absolute atomic E-state index is 11.9. The third-order valence-electron chi connectivity index (χ3n) is 3.27. The van der Waals surface area contributed by atoms with Gasteiger partial charge in [-0.05, 0) is 31.4 Å². The largest absolute Gasteiger partial charge is 0.452 e. The van der Waals surface area contributed by atoms with Crippen molar-refractivity contribution in [1.82, 2.24) is 5.32 Å². The lowest BCUT2D eigenvalue weighted by Gasteiger charge is -2.17. The van der Waals surface area contributed by atoms with Gasteiger partial charge in [-0.15, -0.1) is 0 Å². The molecule has 0 radical (unpaired) electrons. The number of carbonyl (C=O) groups is 2. The Morgan fingerprint density at radius 3 is 2.55 bits per heavy atom. The van der Waals surface area contributed by atoms with Gasteiger partial charge in [0.1, 0.15) is 0 Å². The fourth-order valence-electron chi connectivity index (χ4n) is 1.53. The molecule has 0 saturated carbocycles. The number of para-hydroxylation sites is 1. The average molecular weight is 278 g/mol. The number of rotatable bonds is 5. The summed E-state index contributed by atoms with van der Waals surface area (Å²) in [7, 11) is 0. The van der Waals surface area contributed by atoms with Gasteiger partial charge in [0.25, 0.3) is 5.91 Å². The molecule has 0 heterocycles. The Kier molecular flexibility index (Phi) is 5.55. The molecule has 3 N–H and O–H groups in total. The van der Waals surface area contributed by atoms with Crippen molar-refractivity contribution < 1.29 is 14.3 Å². The smallest absolute Gasteiger partial charge is 0.340 e. The molecule has 0 aliphatic rings. The van der Waals surface area contributed by atoms with Gasteiger partial charge in [0, 0.05) is 11.7 Å². The summed E-state index contributed by atoms with van der Waals surface area (Å²) in [5, 5.41) is 2.76. The van der Waals surface area contributed by atoms with Crippen molar-refractivity contribution in [1.29, 1.82) is 0 Å². The minimum absolute atomic E-state index is 0.0326. The van der Waals surface area contributed by atoms with E-state index in [1.165, 1.54) is 0 Å². The lowest BCUT2D eigenvalue weighted by atomic mass is 10.1. The number of anilines is 1. The standard InChI is InChI=1S/C15H22N2O3/c1-9(2)11(4)17-13(18)8-20-15(19)12-7-5-6-10(3)14(12)16/h5-7,9,11H,8,16H2,1-4H3,(H,17,18). The number of aryl methyl sites for hydroxylation is 1. The first kappa shape index (κ1) is 16.0. The van der Waals surface area contributed by atoms with E-state index >= 15 is 0 Å². The van der Waals surface area contributed by atoms with Crippen LogP contribution in [0.2, 0.25) is 0 Å².